The fraction of sp³-hybridized carbons (Fsp3) is 0.579. The van der Waals surface area contributed by atoms with E-state index in [0.29, 0.717) is 19.5 Å². The molecule has 2 aliphatic heterocycles. The Morgan fingerprint density at radius 2 is 2.04 bits per heavy atom. The number of rotatable bonds is 4. The number of para-hydroxylation sites is 1. The van der Waals surface area contributed by atoms with Gasteiger partial charge >= 0.3 is 0 Å². The fourth-order valence-corrected chi connectivity index (χ4v) is 3.94. The molecule has 1 N–H and O–H groups in total. The van der Waals surface area contributed by atoms with Gasteiger partial charge < -0.3 is 19.7 Å². The Labute approximate surface area is 148 Å². The van der Waals surface area contributed by atoms with Crippen molar-refractivity contribution >= 4 is 11.8 Å². The number of nitrogens with zero attached hydrogens (tertiary/aromatic N) is 1. The van der Waals surface area contributed by atoms with E-state index in [1.165, 1.54) is 7.11 Å². The molecule has 2 aliphatic rings. The van der Waals surface area contributed by atoms with E-state index >= 15 is 0 Å². The molecule has 136 valence electrons. The standard InChI is InChI=1S/C19H26N2O4/c1-20-17(22)11-14-12-19(25-16-6-4-3-5-15(14)16)7-9-21(10-8-19)18(23)13-24-2/h3-6,14H,7-13H2,1-2H3,(H,20,22). The summed E-state index contributed by atoms with van der Waals surface area (Å²) in [5, 5.41) is 2.72. The molecule has 3 rings (SSSR count). The summed E-state index contributed by atoms with van der Waals surface area (Å²) in [7, 11) is 3.21. The van der Waals surface area contributed by atoms with Crippen molar-refractivity contribution in [3.05, 3.63) is 29.8 Å². The molecular weight excluding hydrogens is 320 g/mol. The zero-order chi connectivity index (χ0) is 17.9. The van der Waals surface area contributed by atoms with Crippen LogP contribution in [0.4, 0.5) is 0 Å². The van der Waals surface area contributed by atoms with E-state index in [9.17, 15) is 9.59 Å². The molecular formula is C19H26N2O4. The molecule has 1 spiro atoms. The quantitative estimate of drug-likeness (QED) is 0.901. The minimum absolute atomic E-state index is 0.0236. The molecule has 1 aromatic carbocycles. The van der Waals surface area contributed by atoms with Crippen LogP contribution >= 0.6 is 0 Å². The minimum atomic E-state index is -0.295. The second-order valence-corrected chi connectivity index (χ2v) is 6.92. The number of hydrogen-bond acceptors (Lipinski definition) is 4. The largest absolute Gasteiger partial charge is 0.487 e. The molecule has 1 saturated heterocycles. The van der Waals surface area contributed by atoms with Crippen LogP contribution in [0.25, 0.3) is 0 Å². The molecule has 0 saturated carbocycles. The number of likely N-dealkylation sites (tertiary alicyclic amines) is 1. The summed E-state index contributed by atoms with van der Waals surface area (Å²) in [5.41, 5.74) is 0.811. The molecule has 1 fully saturated rings. The van der Waals surface area contributed by atoms with Crippen molar-refractivity contribution in [1.82, 2.24) is 10.2 Å². The number of ether oxygens (including phenoxy) is 2. The van der Waals surface area contributed by atoms with Crippen molar-refractivity contribution in [3.63, 3.8) is 0 Å². The molecule has 6 nitrogen and oxygen atoms in total. The van der Waals surface area contributed by atoms with Crippen LogP contribution in [0.5, 0.6) is 5.75 Å². The van der Waals surface area contributed by atoms with Crippen LogP contribution in [-0.4, -0.2) is 56.2 Å². The van der Waals surface area contributed by atoms with Gasteiger partial charge in [0.25, 0.3) is 0 Å². The number of benzene rings is 1. The first-order valence-electron chi connectivity index (χ1n) is 8.82. The number of hydrogen-bond donors (Lipinski definition) is 1. The number of carbonyl (C=O) groups excluding carboxylic acids is 2. The molecule has 0 aromatic heterocycles. The number of nitrogens with one attached hydrogen (secondary N) is 1. The summed E-state index contributed by atoms with van der Waals surface area (Å²) in [4.78, 5) is 25.8. The van der Waals surface area contributed by atoms with Crippen LogP contribution in [0, 0.1) is 0 Å². The average Bonchev–Trinajstić information content (AvgIpc) is 2.62. The number of piperidine rings is 1. The average molecular weight is 346 g/mol. The predicted molar refractivity (Wildman–Crippen MR) is 93.5 cm³/mol. The van der Waals surface area contributed by atoms with Gasteiger partial charge in [-0.25, -0.2) is 0 Å². The molecule has 1 aromatic rings. The molecule has 0 bridgehead atoms. The van der Waals surface area contributed by atoms with Gasteiger partial charge in [-0.1, -0.05) is 18.2 Å². The van der Waals surface area contributed by atoms with E-state index in [0.717, 1.165) is 30.6 Å². The van der Waals surface area contributed by atoms with Gasteiger partial charge in [0.05, 0.1) is 0 Å². The van der Waals surface area contributed by atoms with Crippen LogP contribution in [0.3, 0.4) is 0 Å². The SMILES string of the molecule is CNC(=O)CC1CC2(CCN(C(=O)COC)CC2)Oc2ccccc21. The predicted octanol–water partition coefficient (Wildman–Crippen LogP) is 1.70. The highest BCUT2D eigenvalue weighted by Crippen LogP contribution is 2.46. The molecule has 25 heavy (non-hydrogen) atoms. The van der Waals surface area contributed by atoms with E-state index in [2.05, 4.69) is 5.32 Å². The van der Waals surface area contributed by atoms with Crippen molar-refractivity contribution in [3.8, 4) is 5.75 Å². The summed E-state index contributed by atoms with van der Waals surface area (Å²) in [6.07, 6.45) is 2.83. The summed E-state index contributed by atoms with van der Waals surface area (Å²) in [6.45, 7) is 1.45. The lowest BCUT2D eigenvalue weighted by Crippen LogP contribution is -2.52. The Hall–Kier alpha value is -2.08. The van der Waals surface area contributed by atoms with Gasteiger partial charge in [-0.15, -0.1) is 0 Å². The smallest absolute Gasteiger partial charge is 0.248 e. The van der Waals surface area contributed by atoms with E-state index in [1.807, 2.05) is 29.2 Å². The zero-order valence-electron chi connectivity index (χ0n) is 14.9. The van der Waals surface area contributed by atoms with Gasteiger partial charge in [0.1, 0.15) is 18.0 Å². The minimum Gasteiger partial charge on any atom is -0.487 e. The summed E-state index contributed by atoms with van der Waals surface area (Å²) in [5.74, 6) is 1.09. The second-order valence-electron chi connectivity index (χ2n) is 6.92. The van der Waals surface area contributed by atoms with Crippen LogP contribution < -0.4 is 10.1 Å². The van der Waals surface area contributed by atoms with Crippen molar-refractivity contribution in [2.45, 2.75) is 37.2 Å². The normalized spacial score (nSPS) is 21.4. The first-order chi connectivity index (χ1) is 12.1. The topological polar surface area (TPSA) is 67.9 Å². The van der Waals surface area contributed by atoms with Crippen LogP contribution in [0.15, 0.2) is 24.3 Å². The zero-order valence-corrected chi connectivity index (χ0v) is 14.9. The van der Waals surface area contributed by atoms with Crippen LogP contribution in [0.1, 0.15) is 37.2 Å². The third-order valence-corrected chi connectivity index (χ3v) is 5.31. The molecule has 2 heterocycles. The maximum absolute atomic E-state index is 12.0. The van der Waals surface area contributed by atoms with Gasteiger partial charge in [-0.05, 0) is 18.1 Å². The maximum Gasteiger partial charge on any atom is 0.248 e. The van der Waals surface area contributed by atoms with E-state index in [1.54, 1.807) is 7.05 Å². The Kier molecular flexibility index (Phi) is 5.27. The highest BCUT2D eigenvalue weighted by Gasteiger charge is 2.44. The summed E-state index contributed by atoms with van der Waals surface area (Å²) in [6, 6.07) is 7.98. The Morgan fingerprint density at radius 1 is 1.32 bits per heavy atom. The third kappa shape index (κ3) is 3.79. The number of carbonyl (C=O) groups is 2. The molecule has 0 aliphatic carbocycles. The van der Waals surface area contributed by atoms with Crippen LogP contribution in [0.2, 0.25) is 0 Å². The third-order valence-electron chi connectivity index (χ3n) is 5.31. The molecule has 6 heteroatoms. The van der Waals surface area contributed by atoms with Crippen LogP contribution in [-0.2, 0) is 14.3 Å². The molecule has 0 radical (unpaired) electrons. The Balaban J connectivity index is 1.76. The highest BCUT2D eigenvalue weighted by atomic mass is 16.5. The monoisotopic (exact) mass is 346 g/mol. The Bertz CT molecular complexity index is 638. The summed E-state index contributed by atoms with van der Waals surface area (Å²) < 4.78 is 11.3. The lowest BCUT2D eigenvalue weighted by atomic mass is 9.76. The highest BCUT2D eigenvalue weighted by molar-refractivity contribution is 5.77. The van der Waals surface area contributed by atoms with Crippen molar-refractivity contribution in [2.75, 3.05) is 33.9 Å². The fourth-order valence-electron chi connectivity index (χ4n) is 3.94. The van der Waals surface area contributed by atoms with Crippen molar-refractivity contribution in [1.29, 1.82) is 0 Å². The first-order valence-corrected chi connectivity index (χ1v) is 8.82. The van der Waals surface area contributed by atoms with E-state index in [4.69, 9.17) is 9.47 Å². The molecule has 1 atom stereocenters. The van der Waals surface area contributed by atoms with Gasteiger partial charge in [0.15, 0.2) is 0 Å². The van der Waals surface area contributed by atoms with Crippen molar-refractivity contribution < 1.29 is 19.1 Å². The number of amides is 2. The molecule has 1 unspecified atom stereocenters. The first kappa shape index (κ1) is 17.7. The van der Waals surface area contributed by atoms with Gasteiger partial charge in [-0.3, -0.25) is 9.59 Å². The number of methoxy groups -OCH3 is 1. The van der Waals surface area contributed by atoms with Gasteiger partial charge in [0.2, 0.25) is 11.8 Å². The Morgan fingerprint density at radius 3 is 2.72 bits per heavy atom. The lowest BCUT2D eigenvalue weighted by molar-refractivity contribution is -0.139. The summed E-state index contributed by atoms with van der Waals surface area (Å²) >= 11 is 0. The molecule has 2 amide bonds. The second kappa shape index (κ2) is 7.44. The van der Waals surface area contributed by atoms with Gasteiger partial charge in [-0.2, -0.15) is 0 Å². The van der Waals surface area contributed by atoms with Crippen molar-refractivity contribution in [2.24, 2.45) is 0 Å². The van der Waals surface area contributed by atoms with Gasteiger partial charge in [0, 0.05) is 52.4 Å². The maximum atomic E-state index is 12.0. The van der Waals surface area contributed by atoms with E-state index in [-0.39, 0.29) is 29.9 Å². The van der Waals surface area contributed by atoms with E-state index < -0.39 is 0 Å². The lowest BCUT2D eigenvalue weighted by Gasteiger charge is -2.46. The number of fused-ring (bicyclic) bond motifs is 1.